The van der Waals surface area contributed by atoms with E-state index in [2.05, 4.69) is 5.32 Å². The lowest BCUT2D eigenvalue weighted by Crippen LogP contribution is -2.34. The van der Waals surface area contributed by atoms with Gasteiger partial charge >= 0.3 is 0 Å². The number of carbonyl (C=O) groups excluding carboxylic acids is 1. The Morgan fingerprint density at radius 3 is 2.83 bits per heavy atom. The Morgan fingerprint density at radius 2 is 2.17 bits per heavy atom. The molecular weight excluding hydrogens is 240 g/mol. The molecule has 1 N–H and O–H groups in total. The van der Waals surface area contributed by atoms with Gasteiger partial charge in [0.2, 0.25) is 0 Å². The Balaban J connectivity index is 2.46. The van der Waals surface area contributed by atoms with Crippen LogP contribution in [0.25, 0.3) is 11.0 Å². The molecule has 2 aromatic rings. The van der Waals surface area contributed by atoms with Crippen molar-refractivity contribution < 1.29 is 18.0 Å². The highest BCUT2D eigenvalue weighted by Gasteiger charge is 2.22. The molecule has 0 saturated heterocycles. The van der Waals surface area contributed by atoms with Crippen molar-refractivity contribution >= 4 is 16.8 Å². The molecule has 0 aliphatic rings. The van der Waals surface area contributed by atoms with Crippen LogP contribution in [0.4, 0.5) is 8.78 Å². The second-order valence-electron chi connectivity index (χ2n) is 4.03. The van der Waals surface area contributed by atoms with Crippen LogP contribution in [0.15, 0.2) is 22.8 Å². The molecule has 0 spiro atoms. The van der Waals surface area contributed by atoms with Crippen LogP contribution in [-0.4, -0.2) is 18.4 Å². The van der Waals surface area contributed by atoms with Crippen LogP contribution in [0.2, 0.25) is 0 Å². The third kappa shape index (κ3) is 2.01. The number of benzene rings is 1. The Labute approximate surface area is 103 Å². The summed E-state index contributed by atoms with van der Waals surface area (Å²) in [5.74, 6) is -1.83. The molecule has 5 heteroatoms. The van der Waals surface area contributed by atoms with Crippen molar-refractivity contribution in [2.45, 2.75) is 19.9 Å². The first kappa shape index (κ1) is 12.7. The van der Waals surface area contributed by atoms with Gasteiger partial charge in [0.05, 0.1) is 17.0 Å². The predicted octanol–water partition coefficient (Wildman–Crippen LogP) is 2.89. The molecule has 0 aliphatic carbocycles. The van der Waals surface area contributed by atoms with E-state index in [0.29, 0.717) is 6.54 Å². The lowest BCUT2D eigenvalue weighted by atomic mass is 10.0. The number of furan rings is 1. The van der Waals surface area contributed by atoms with Crippen LogP contribution < -0.4 is 5.32 Å². The summed E-state index contributed by atoms with van der Waals surface area (Å²) in [4.78, 5) is 12.0. The van der Waals surface area contributed by atoms with Crippen LogP contribution in [0, 0.1) is 11.6 Å². The van der Waals surface area contributed by atoms with Gasteiger partial charge in [0.1, 0.15) is 6.26 Å². The van der Waals surface area contributed by atoms with Crippen molar-refractivity contribution in [3.05, 3.63) is 35.6 Å². The van der Waals surface area contributed by atoms with Crippen LogP contribution >= 0.6 is 0 Å². The number of nitrogens with one attached hydrogen (secondary N) is 1. The molecule has 1 heterocycles. The number of likely N-dealkylation sites (N-methyl/N-ethyl adjacent to an activating group) is 1. The van der Waals surface area contributed by atoms with Crippen molar-refractivity contribution in [1.29, 1.82) is 0 Å². The first-order valence-corrected chi connectivity index (χ1v) is 5.69. The topological polar surface area (TPSA) is 42.2 Å². The van der Waals surface area contributed by atoms with E-state index in [1.807, 2.05) is 6.92 Å². The van der Waals surface area contributed by atoms with E-state index in [9.17, 15) is 13.6 Å². The molecule has 18 heavy (non-hydrogen) atoms. The standard InChI is InChI=1S/C13H13F2NO2/c1-3-16-7(2)12(17)9-5-4-8-10(14)6-18-13(8)11(9)15/h4-7,16H,3H2,1-2H3/t7-/m0/s1. The monoisotopic (exact) mass is 253 g/mol. The number of hydrogen-bond donors (Lipinski definition) is 1. The predicted molar refractivity (Wildman–Crippen MR) is 63.6 cm³/mol. The van der Waals surface area contributed by atoms with Crippen LogP contribution in [0.3, 0.4) is 0 Å². The second kappa shape index (κ2) is 4.86. The maximum Gasteiger partial charge on any atom is 0.182 e. The van der Waals surface area contributed by atoms with Crippen LogP contribution in [0.5, 0.6) is 0 Å². The maximum atomic E-state index is 14.0. The van der Waals surface area contributed by atoms with Gasteiger partial charge in [-0.1, -0.05) is 6.92 Å². The van der Waals surface area contributed by atoms with E-state index in [-0.39, 0.29) is 22.3 Å². The van der Waals surface area contributed by atoms with Gasteiger partial charge in [-0.15, -0.1) is 0 Å². The number of halogens is 2. The molecular formula is C13H13F2NO2. The van der Waals surface area contributed by atoms with Crippen molar-refractivity contribution in [3.63, 3.8) is 0 Å². The Bertz CT molecular complexity index is 592. The quantitative estimate of drug-likeness (QED) is 0.852. The third-order valence-electron chi connectivity index (χ3n) is 2.80. The molecule has 0 aliphatic heterocycles. The molecule has 2 rings (SSSR count). The van der Waals surface area contributed by atoms with Crippen molar-refractivity contribution in [2.24, 2.45) is 0 Å². The highest BCUT2D eigenvalue weighted by molar-refractivity contribution is 6.02. The summed E-state index contributed by atoms with van der Waals surface area (Å²) in [6.07, 6.45) is 0.829. The van der Waals surface area contributed by atoms with Crippen molar-refractivity contribution in [3.8, 4) is 0 Å². The van der Waals surface area contributed by atoms with E-state index in [1.165, 1.54) is 12.1 Å². The minimum Gasteiger partial charge on any atom is -0.458 e. The van der Waals surface area contributed by atoms with Crippen molar-refractivity contribution in [1.82, 2.24) is 5.32 Å². The van der Waals surface area contributed by atoms with Gasteiger partial charge < -0.3 is 9.73 Å². The second-order valence-corrected chi connectivity index (χ2v) is 4.03. The van der Waals surface area contributed by atoms with Gasteiger partial charge in [-0.25, -0.2) is 8.78 Å². The first-order valence-electron chi connectivity index (χ1n) is 5.69. The van der Waals surface area contributed by atoms with Gasteiger partial charge in [-0.2, -0.15) is 0 Å². The van der Waals surface area contributed by atoms with Crippen LogP contribution in [0.1, 0.15) is 24.2 Å². The fourth-order valence-corrected chi connectivity index (χ4v) is 1.86. The van der Waals surface area contributed by atoms with E-state index in [0.717, 1.165) is 6.26 Å². The number of Topliss-reactive ketones (excluding diaryl/α,β-unsaturated/α-hetero) is 1. The SMILES string of the molecule is CCN[C@@H](C)C(=O)c1ccc2c(F)coc2c1F. The average molecular weight is 253 g/mol. The summed E-state index contributed by atoms with van der Waals surface area (Å²) in [5, 5.41) is 2.95. The number of fused-ring (bicyclic) bond motifs is 1. The summed E-state index contributed by atoms with van der Waals surface area (Å²) in [6.45, 7) is 4.11. The molecule has 0 bridgehead atoms. The van der Waals surface area contributed by atoms with E-state index >= 15 is 0 Å². The smallest absolute Gasteiger partial charge is 0.182 e. The molecule has 1 aromatic heterocycles. The molecule has 0 saturated carbocycles. The molecule has 3 nitrogen and oxygen atoms in total. The molecule has 1 atom stereocenters. The minimum absolute atomic E-state index is 0.0418. The summed E-state index contributed by atoms with van der Waals surface area (Å²) in [7, 11) is 0. The number of ketones is 1. The Morgan fingerprint density at radius 1 is 1.44 bits per heavy atom. The number of hydrogen-bond acceptors (Lipinski definition) is 3. The van der Waals surface area contributed by atoms with E-state index in [1.54, 1.807) is 6.92 Å². The van der Waals surface area contributed by atoms with E-state index < -0.39 is 17.7 Å². The van der Waals surface area contributed by atoms with Gasteiger partial charge in [0, 0.05) is 0 Å². The number of carbonyl (C=O) groups is 1. The zero-order valence-electron chi connectivity index (χ0n) is 10.1. The summed E-state index contributed by atoms with van der Waals surface area (Å²) < 4.78 is 32.0. The Hall–Kier alpha value is -1.75. The molecule has 96 valence electrons. The fourth-order valence-electron chi connectivity index (χ4n) is 1.86. The van der Waals surface area contributed by atoms with Gasteiger partial charge in [0.25, 0.3) is 0 Å². The molecule has 0 unspecified atom stereocenters. The molecule has 0 amide bonds. The van der Waals surface area contributed by atoms with E-state index in [4.69, 9.17) is 4.42 Å². The zero-order chi connectivity index (χ0) is 13.3. The summed E-state index contributed by atoms with van der Waals surface area (Å²) >= 11 is 0. The largest absolute Gasteiger partial charge is 0.458 e. The minimum atomic E-state index is -0.814. The Kier molecular flexibility index (Phi) is 3.43. The molecule has 0 fully saturated rings. The fraction of sp³-hybridized carbons (Fsp3) is 0.308. The van der Waals surface area contributed by atoms with Gasteiger partial charge in [-0.3, -0.25) is 4.79 Å². The lowest BCUT2D eigenvalue weighted by Gasteiger charge is -2.11. The van der Waals surface area contributed by atoms with Crippen molar-refractivity contribution in [2.75, 3.05) is 6.54 Å². The summed E-state index contributed by atoms with van der Waals surface area (Å²) in [5.41, 5.74) is -0.313. The average Bonchev–Trinajstić information content (AvgIpc) is 2.72. The molecule has 0 radical (unpaired) electrons. The first-order chi connectivity index (χ1) is 8.56. The third-order valence-corrected chi connectivity index (χ3v) is 2.80. The highest BCUT2D eigenvalue weighted by Crippen LogP contribution is 2.25. The maximum absolute atomic E-state index is 14.0. The molecule has 1 aromatic carbocycles. The summed E-state index contributed by atoms with van der Waals surface area (Å²) in [6, 6.07) is 2.14. The normalized spacial score (nSPS) is 12.9. The lowest BCUT2D eigenvalue weighted by molar-refractivity contribution is 0.0948. The van der Waals surface area contributed by atoms with Crippen LogP contribution in [-0.2, 0) is 0 Å². The number of rotatable bonds is 4. The highest BCUT2D eigenvalue weighted by atomic mass is 19.1. The van der Waals surface area contributed by atoms with Gasteiger partial charge in [0.15, 0.2) is 23.0 Å². The zero-order valence-corrected chi connectivity index (χ0v) is 10.1. The van der Waals surface area contributed by atoms with Gasteiger partial charge in [-0.05, 0) is 25.6 Å².